The van der Waals surface area contributed by atoms with Gasteiger partial charge in [-0.25, -0.2) is 0 Å². The van der Waals surface area contributed by atoms with E-state index in [4.69, 9.17) is 4.74 Å². The molecule has 26 heavy (non-hydrogen) atoms. The number of aromatic hydroxyl groups is 1. The third-order valence-electron chi connectivity index (χ3n) is 5.09. The molecule has 0 amide bonds. The van der Waals surface area contributed by atoms with Crippen molar-refractivity contribution >= 4 is 0 Å². The highest BCUT2D eigenvalue weighted by Gasteiger charge is 2.29. The van der Waals surface area contributed by atoms with Crippen molar-refractivity contribution in [2.75, 3.05) is 26.8 Å². The van der Waals surface area contributed by atoms with Gasteiger partial charge in [0.05, 0.1) is 18.2 Å². The van der Waals surface area contributed by atoms with E-state index < -0.39 is 0 Å². The molecule has 0 unspecified atom stereocenters. The van der Waals surface area contributed by atoms with E-state index in [1.807, 2.05) is 19.1 Å². The van der Waals surface area contributed by atoms with Crippen LogP contribution in [-0.2, 0) is 11.3 Å². The second kappa shape index (κ2) is 8.47. The zero-order valence-electron chi connectivity index (χ0n) is 15.5. The van der Waals surface area contributed by atoms with Gasteiger partial charge in [0.15, 0.2) is 0 Å². The third kappa shape index (κ3) is 3.81. The smallest absolute Gasteiger partial charge is 0.259 e. The van der Waals surface area contributed by atoms with Crippen molar-refractivity contribution < 1.29 is 9.84 Å². The van der Waals surface area contributed by atoms with Gasteiger partial charge in [-0.1, -0.05) is 6.42 Å². The molecule has 1 fully saturated rings. The monoisotopic (exact) mass is 357 g/mol. The van der Waals surface area contributed by atoms with Crippen LogP contribution in [0.1, 0.15) is 42.1 Å². The zero-order valence-corrected chi connectivity index (χ0v) is 15.5. The first-order valence-electron chi connectivity index (χ1n) is 9.19. The van der Waals surface area contributed by atoms with Crippen LogP contribution in [0.3, 0.4) is 0 Å². The Labute approximate surface area is 154 Å². The van der Waals surface area contributed by atoms with E-state index >= 15 is 0 Å². The minimum atomic E-state index is -0.264. The van der Waals surface area contributed by atoms with Gasteiger partial charge in [-0.15, -0.1) is 0 Å². The second-order valence-corrected chi connectivity index (χ2v) is 6.81. The number of aryl methyl sites for hydroxylation is 1. The minimum Gasteiger partial charge on any atom is -0.507 e. The van der Waals surface area contributed by atoms with E-state index in [1.165, 1.54) is 6.42 Å². The topological polar surface area (TPSA) is 67.6 Å². The lowest BCUT2D eigenvalue weighted by molar-refractivity contribution is 0.178. The molecule has 6 nitrogen and oxygen atoms in total. The van der Waals surface area contributed by atoms with E-state index in [9.17, 15) is 9.90 Å². The van der Waals surface area contributed by atoms with Crippen molar-refractivity contribution in [1.29, 1.82) is 0 Å². The molecule has 0 aliphatic carbocycles. The first-order chi connectivity index (χ1) is 12.6. The fourth-order valence-electron chi connectivity index (χ4n) is 3.77. The SMILES string of the molecule is COCCn1c(C)cc(O)c([C@H](c2ccncc2)N2CCCCC2)c1=O. The summed E-state index contributed by atoms with van der Waals surface area (Å²) in [5.41, 5.74) is 2.02. The summed E-state index contributed by atoms with van der Waals surface area (Å²) in [4.78, 5) is 19.7. The van der Waals surface area contributed by atoms with Crippen LogP contribution >= 0.6 is 0 Å². The van der Waals surface area contributed by atoms with Gasteiger partial charge in [-0.3, -0.25) is 14.7 Å². The number of rotatable bonds is 6. The summed E-state index contributed by atoms with van der Waals surface area (Å²) in [5.74, 6) is 0.0635. The van der Waals surface area contributed by atoms with Crippen LogP contribution in [-0.4, -0.2) is 46.4 Å². The molecule has 0 bridgehead atoms. The Hall–Kier alpha value is -2.18. The van der Waals surface area contributed by atoms with Gasteiger partial charge in [0.25, 0.3) is 5.56 Å². The van der Waals surface area contributed by atoms with E-state index in [1.54, 1.807) is 30.1 Å². The lowest BCUT2D eigenvalue weighted by Crippen LogP contribution is -2.39. The molecule has 6 heteroatoms. The third-order valence-corrected chi connectivity index (χ3v) is 5.09. The van der Waals surface area contributed by atoms with Crippen LogP contribution < -0.4 is 5.56 Å². The van der Waals surface area contributed by atoms with Crippen molar-refractivity contribution in [3.63, 3.8) is 0 Å². The highest BCUT2D eigenvalue weighted by molar-refractivity contribution is 5.40. The lowest BCUT2D eigenvalue weighted by atomic mass is 9.95. The summed E-state index contributed by atoms with van der Waals surface area (Å²) in [6.07, 6.45) is 6.89. The van der Waals surface area contributed by atoms with Crippen LogP contribution in [0.2, 0.25) is 0 Å². The average Bonchev–Trinajstić information content (AvgIpc) is 2.66. The molecule has 0 spiro atoms. The molecule has 1 aliphatic rings. The van der Waals surface area contributed by atoms with E-state index in [0.717, 1.165) is 37.2 Å². The van der Waals surface area contributed by atoms with Gasteiger partial charge >= 0.3 is 0 Å². The summed E-state index contributed by atoms with van der Waals surface area (Å²) < 4.78 is 6.84. The van der Waals surface area contributed by atoms with Gasteiger partial charge in [-0.2, -0.15) is 0 Å². The molecule has 3 rings (SSSR count). The van der Waals surface area contributed by atoms with Crippen LogP contribution in [0.15, 0.2) is 35.4 Å². The molecule has 1 saturated heterocycles. The molecule has 0 saturated carbocycles. The number of ether oxygens (including phenoxy) is 1. The number of likely N-dealkylation sites (tertiary alicyclic amines) is 1. The summed E-state index contributed by atoms with van der Waals surface area (Å²) in [6, 6.07) is 5.28. The fraction of sp³-hybridized carbons (Fsp3) is 0.500. The molecule has 1 aliphatic heterocycles. The Morgan fingerprint density at radius 1 is 1.23 bits per heavy atom. The van der Waals surface area contributed by atoms with E-state index in [-0.39, 0.29) is 17.4 Å². The quantitative estimate of drug-likeness (QED) is 0.860. The lowest BCUT2D eigenvalue weighted by Gasteiger charge is -2.35. The van der Waals surface area contributed by atoms with Gasteiger partial charge in [0.1, 0.15) is 5.75 Å². The van der Waals surface area contributed by atoms with Gasteiger partial charge < -0.3 is 14.4 Å². The van der Waals surface area contributed by atoms with Crippen LogP contribution in [0.25, 0.3) is 0 Å². The molecular formula is C20H27N3O3. The molecule has 2 aromatic heterocycles. The number of methoxy groups -OCH3 is 1. The van der Waals surface area contributed by atoms with Crippen LogP contribution in [0.4, 0.5) is 0 Å². The minimum absolute atomic E-state index is 0.0635. The summed E-state index contributed by atoms with van der Waals surface area (Å²) >= 11 is 0. The van der Waals surface area contributed by atoms with Crippen LogP contribution in [0.5, 0.6) is 5.75 Å². The standard InChI is InChI=1S/C20H27N3O3/c1-15-14-17(24)18(20(25)23(15)12-13-26-2)19(16-6-8-21-9-7-16)22-10-4-3-5-11-22/h6-9,14,19,24H,3-5,10-13H2,1-2H3/t19-/m0/s1. The number of pyridine rings is 2. The number of aromatic nitrogens is 2. The maximum Gasteiger partial charge on any atom is 0.259 e. The van der Waals surface area contributed by atoms with Crippen molar-refractivity contribution in [3.8, 4) is 5.75 Å². The largest absolute Gasteiger partial charge is 0.507 e. The number of hydrogen-bond donors (Lipinski definition) is 1. The first-order valence-corrected chi connectivity index (χ1v) is 9.19. The van der Waals surface area contributed by atoms with Crippen molar-refractivity contribution in [2.24, 2.45) is 0 Å². The molecule has 1 N–H and O–H groups in total. The predicted octanol–water partition coefficient (Wildman–Crippen LogP) is 2.48. The molecular weight excluding hydrogens is 330 g/mol. The summed E-state index contributed by atoms with van der Waals surface area (Å²) in [6.45, 7) is 4.59. The van der Waals surface area contributed by atoms with Gasteiger partial charge in [-0.05, 0) is 56.6 Å². The highest BCUT2D eigenvalue weighted by Crippen LogP contribution is 2.34. The Bertz CT molecular complexity index is 783. The molecule has 1 atom stereocenters. The highest BCUT2D eigenvalue weighted by atomic mass is 16.5. The number of hydrogen-bond acceptors (Lipinski definition) is 5. The van der Waals surface area contributed by atoms with E-state index in [0.29, 0.717) is 18.7 Å². The Kier molecular flexibility index (Phi) is 6.06. The van der Waals surface area contributed by atoms with Crippen molar-refractivity contribution in [1.82, 2.24) is 14.5 Å². The normalized spacial score (nSPS) is 16.5. The fourth-order valence-corrected chi connectivity index (χ4v) is 3.77. The summed E-state index contributed by atoms with van der Waals surface area (Å²) in [7, 11) is 1.62. The maximum atomic E-state index is 13.3. The molecule has 0 radical (unpaired) electrons. The van der Waals surface area contributed by atoms with Gasteiger partial charge in [0, 0.05) is 31.7 Å². The molecule has 3 heterocycles. The van der Waals surface area contributed by atoms with Gasteiger partial charge in [0.2, 0.25) is 0 Å². The van der Waals surface area contributed by atoms with Crippen LogP contribution in [0, 0.1) is 6.92 Å². The Balaban J connectivity index is 2.13. The number of piperidine rings is 1. The van der Waals surface area contributed by atoms with Crippen molar-refractivity contribution in [3.05, 3.63) is 57.8 Å². The molecule has 140 valence electrons. The zero-order chi connectivity index (χ0) is 18.5. The maximum absolute atomic E-state index is 13.3. The number of nitrogens with zero attached hydrogens (tertiary/aromatic N) is 3. The second-order valence-electron chi connectivity index (χ2n) is 6.81. The average molecular weight is 357 g/mol. The molecule has 2 aromatic rings. The van der Waals surface area contributed by atoms with Crippen molar-refractivity contribution in [2.45, 2.75) is 38.8 Å². The Morgan fingerprint density at radius 3 is 2.58 bits per heavy atom. The molecule has 0 aromatic carbocycles. The Morgan fingerprint density at radius 2 is 1.92 bits per heavy atom. The first kappa shape index (κ1) is 18.6. The van der Waals surface area contributed by atoms with E-state index in [2.05, 4.69) is 9.88 Å². The summed E-state index contributed by atoms with van der Waals surface area (Å²) in [5, 5.41) is 10.7. The predicted molar refractivity (Wildman–Crippen MR) is 100 cm³/mol.